The Balaban J connectivity index is 2.17. The van der Waals surface area contributed by atoms with Crippen LogP contribution >= 0.6 is 0 Å². The van der Waals surface area contributed by atoms with E-state index in [0.717, 1.165) is 11.1 Å². The van der Waals surface area contributed by atoms with E-state index in [2.05, 4.69) is 19.9 Å². The molecule has 0 fully saturated rings. The monoisotopic (exact) mass is 257 g/mol. The van der Waals surface area contributed by atoms with Gasteiger partial charge in [0, 0.05) is 12.1 Å². The Labute approximate surface area is 106 Å². The number of H-pyrrole nitrogens is 3. The highest BCUT2D eigenvalue weighted by atomic mass is 16.2. The SMILES string of the molecule is NCc1ccc(-c2nc3[nH]c(=O)[nH]c(=O)c3[nH]2)cc1. The largest absolute Gasteiger partial charge is 0.332 e. The molecule has 7 nitrogen and oxygen atoms in total. The van der Waals surface area contributed by atoms with Crippen LogP contribution in [0.5, 0.6) is 0 Å². The van der Waals surface area contributed by atoms with Crippen LogP contribution in [0.1, 0.15) is 5.56 Å². The molecule has 3 rings (SSSR count). The molecular weight excluding hydrogens is 246 g/mol. The third kappa shape index (κ3) is 1.95. The van der Waals surface area contributed by atoms with Gasteiger partial charge in [-0.25, -0.2) is 9.78 Å². The number of aromatic amines is 3. The van der Waals surface area contributed by atoms with Crippen molar-refractivity contribution in [2.45, 2.75) is 6.54 Å². The number of nitrogens with one attached hydrogen (secondary N) is 3. The molecule has 0 unspecified atom stereocenters. The molecule has 96 valence electrons. The molecule has 2 aromatic heterocycles. The van der Waals surface area contributed by atoms with Gasteiger partial charge in [0.15, 0.2) is 5.65 Å². The van der Waals surface area contributed by atoms with Crippen molar-refractivity contribution >= 4 is 11.2 Å². The second kappa shape index (κ2) is 4.21. The number of nitrogens with zero attached hydrogens (tertiary/aromatic N) is 1. The van der Waals surface area contributed by atoms with Crippen molar-refractivity contribution in [1.82, 2.24) is 19.9 Å². The lowest BCUT2D eigenvalue weighted by Crippen LogP contribution is -2.21. The third-order valence-electron chi connectivity index (χ3n) is 2.85. The molecule has 0 saturated heterocycles. The summed E-state index contributed by atoms with van der Waals surface area (Å²) in [5.41, 5.74) is 6.77. The summed E-state index contributed by atoms with van der Waals surface area (Å²) in [7, 11) is 0. The van der Waals surface area contributed by atoms with E-state index in [0.29, 0.717) is 12.4 Å². The van der Waals surface area contributed by atoms with E-state index in [1.54, 1.807) is 0 Å². The number of benzene rings is 1. The Morgan fingerprint density at radius 2 is 1.79 bits per heavy atom. The van der Waals surface area contributed by atoms with Crippen molar-refractivity contribution in [2.24, 2.45) is 5.73 Å². The van der Waals surface area contributed by atoms with Gasteiger partial charge in [-0.05, 0) is 5.56 Å². The first-order valence-electron chi connectivity index (χ1n) is 5.69. The van der Waals surface area contributed by atoms with Gasteiger partial charge in [0.1, 0.15) is 11.3 Å². The second-order valence-electron chi connectivity index (χ2n) is 4.12. The Kier molecular flexibility index (Phi) is 2.53. The highest BCUT2D eigenvalue weighted by Gasteiger charge is 2.09. The lowest BCUT2D eigenvalue weighted by atomic mass is 10.1. The quantitative estimate of drug-likeness (QED) is 0.519. The topological polar surface area (TPSA) is 120 Å². The van der Waals surface area contributed by atoms with Gasteiger partial charge in [-0.3, -0.25) is 14.8 Å². The average molecular weight is 257 g/mol. The Bertz CT molecular complexity index is 841. The van der Waals surface area contributed by atoms with E-state index in [1.165, 1.54) is 0 Å². The first-order chi connectivity index (χ1) is 9.17. The van der Waals surface area contributed by atoms with Crippen LogP contribution in [-0.2, 0) is 6.54 Å². The van der Waals surface area contributed by atoms with E-state index in [4.69, 9.17) is 5.73 Å². The molecule has 0 radical (unpaired) electrons. The molecule has 0 spiro atoms. The van der Waals surface area contributed by atoms with Gasteiger partial charge in [-0.2, -0.15) is 0 Å². The van der Waals surface area contributed by atoms with E-state index in [-0.39, 0.29) is 11.2 Å². The van der Waals surface area contributed by atoms with Gasteiger partial charge < -0.3 is 10.7 Å². The van der Waals surface area contributed by atoms with Crippen LogP contribution in [0.2, 0.25) is 0 Å². The van der Waals surface area contributed by atoms with Crippen LogP contribution < -0.4 is 17.0 Å². The maximum absolute atomic E-state index is 11.6. The number of imidazole rings is 1. The molecule has 0 aliphatic carbocycles. The molecule has 5 N–H and O–H groups in total. The smallest absolute Gasteiger partial charge is 0.327 e. The molecule has 3 aromatic rings. The predicted octanol–water partition coefficient (Wildman–Crippen LogP) is 0.0652. The van der Waals surface area contributed by atoms with Crippen molar-refractivity contribution < 1.29 is 0 Å². The summed E-state index contributed by atoms with van der Waals surface area (Å²) in [4.78, 5) is 34.4. The minimum atomic E-state index is -0.575. The number of fused-ring (bicyclic) bond motifs is 1. The molecule has 0 bridgehead atoms. The Morgan fingerprint density at radius 3 is 2.47 bits per heavy atom. The normalized spacial score (nSPS) is 11.0. The maximum atomic E-state index is 11.6. The Hall–Kier alpha value is -2.67. The number of nitrogens with two attached hydrogens (primary N) is 1. The summed E-state index contributed by atoms with van der Waals surface area (Å²) in [5, 5.41) is 0. The third-order valence-corrected chi connectivity index (χ3v) is 2.85. The van der Waals surface area contributed by atoms with Crippen molar-refractivity contribution in [2.75, 3.05) is 0 Å². The van der Waals surface area contributed by atoms with E-state index in [1.807, 2.05) is 24.3 Å². The minimum absolute atomic E-state index is 0.242. The fourth-order valence-corrected chi connectivity index (χ4v) is 1.87. The number of aromatic nitrogens is 4. The summed E-state index contributed by atoms with van der Waals surface area (Å²) >= 11 is 0. The van der Waals surface area contributed by atoms with Crippen molar-refractivity contribution in [3.63, 3.8) is 0 Å². The second-order valence-corrected chi connectivity index (χ2v) is 4.12. The summed E-state index contributed by atoms with van der Waals surface area (Å²) in [6, 6.07) is 7.48. The summed E-state index contributed by atoms with van der Waals surface area (Å²) < 4.78 is 0. The van der Waals surface area contributed by atoms with Gasteiger partial charge >= 0.3 is 5.69 Å². The van der Waals surface area contributed by atoms with Crippen LogP contribution in [-0.4, -0.2) is 19.9 Å². The molecule has 0 atom stereocenters. The van der Waals surface area contributed by atoms with Crippen molar-refractivity contribution in [3.8, 4) is 11.4 Å². The summed E-state index contributed by atoms with van der Waals surface area (Å²) in [6.45, 7) is 0.466. The molecule has 7 heteroatoms. The van der Waals surface area contributed by atoms with Crippen LogP contribution in [0.3, 0.4) is 0 Å². The van der Waals surface area contributed by atoms with Gasteiger partial charge in [0.05, 0.1) is 0 Å². The zero-order valence-corrected chi connectivity index (χ0v) is 9.86. The van der Waals surface area contributed by atoms with Gasteiger partial charge in [0.2, 0.25) is 0 Å². The van der Waals surface area contributed by atoms with Crippen molar-refractivity contribution in [3.05, 3.63) is 50.7 Å². The zero-order valence-electron chi connectivity index (χ0n) is 9.86. The first-order valence-corrected chi connectivity index (χ1v) is 5.69. The number of hydrogen-bond acceptors (Lipinski definition) is 4. The van der Waals surface area contributed by atoms with Crippen LogP contribution in [0.15, 0.2) is 33.9 Å². The highest BCUT2D eigenvalue weighted by Crippen LogP contribution is 2.17. The molecule has 0 amide bonds. The molecular formula is C12H11N5O2. The van der Waals surface area contributed by atoms with Gasteiger partial charge in [-0.15, -0.1) is 0 Å². The van der Waals surface area contributed by atoms with Crippen LogP contribution in [0, 0.1) is 0 Å². The van der Waals surface area contributed by atoms with E-state index >= 15 is 0 Å². The fourth-order valence-electron chi connectivity index (χ4n) is 1.87. The zero-order chi connectivity index (χ0) is 13.4. The van der Waals surface area contributed by atoms with Crippen LogP contribution in [0.4, 0.5) is 0 Å². The predicted molar refractivity (Wildman–Crippen MR) is 70.7 cm³/mol. The Morgan fingerprint density at radius 1 is 1.05 bits per heavy atom. The molecule has 2 heterocycles. The van der Waals surface area contributed by atoms with Crippen molar-refractivity contribution in [1.29, 1.82) is 0 Å². The minimum Gasteiger partial charge on any atom is -0.332 e. The molecule has 0 aliphatic heterocycles. The molecule has 19 heavy (non-hydrogen) atoms. The summed E-state index contributed by atoms with van der Waals surface area (Å²) in [6.07, 6.45) is 0. The summed E-state index contributed by atoms with van der Waals surface area (Å²) in [5.74, 6) is 0.519. The molecule has 1 aromatic carbocycles. The first kappa shape index (κ1) is 11.4. The lowest BCUT2D eigenvalue weighted by Gasteiger charge is -1.98. The van der Waals surface area contributed by atoms with E-state index in [9.17, 15) is 9.59 Å². The average Bonchev–Trinajstić information content (AvgIpc) is 2.83. The van der Waals surface area contributed by atoms with Gasteiger partial charge in [0.25, 0.3) is 5.56 Å². The molecule has 0 saturated carbocycles. The number of rotatable bonds is 2. The maximum Gasteiger partial charge on any atom is 0.327 e. The highest BCUT2D eigenvalue weighted by molar-refractivity contribution is 5.74. The fraction of sp³-hybridized carbons (Fsp3) is 0.0833. The number of hydrogen-bond donors (Lipinski definition) is 4. The molecule has 0 aliphatic rings. The lowest BCUT2D eigenvalue weighted by molar-refractivity contribution is 1.07. The standard InChI is InChI=1S/C12H11N5O2/c13-5-6-1-3-7(4-2-6)9-14-8-10(15-9)16-12(19)17-11(8)18/h1-4H,5,13H2,(H3,14,15,16,17,18,19). The van der Waals surface area contributed by atoms with Crippen LogP contribution in [0.25, 0.3) is 22.6 Å². The van der Waals surface area contributed by atoms with Gasteiger partial charge in [-0.1, -0.05) is 24.3 Å². The van der Waals surface area contributed by atoms with E-state index < -0.39 is 11.2 Å².